The molecule has 258 valence electrons. The molecule has 0 aromatic heterocycles. The van der Waals surface area contributed by atoms with Crippen molar-refractivity contribution in [3.63, 3.8) is 0 Å². The number of carbonyl (C=O) groups excluding carboxylic acids is 2. The molecule has 2 aromatic carbocycles. The van der Waals surface area contributed by atoms with Crippen LogP contribution < -0.4 is 0 Å². The molecule has 0 aliphatic heterocycles. The van der Waals surface area contributed by atoms with Crippen LogP contribution in [0, 0.1) is 5.92 Å². The molecule has 0 bridgehead atoms. The van der Waals surface area contributed by atoms with Crippen LogP contribution in [0.1, 0.15) is 149 Å². The van der Waals surface area contributed by atoms with Gasteiger partial charge in [0.2, 0.25) is 0 Å². The minimum Gasteiger partial charge on any atom is -0.507 e. The zero-order valence-corrected chi connectivity index (χ0v) is 31.1. The summed E-state index contributed by atoms with van der Waals surface area (Å²) in [5, 5.41) is 21.9. The van der Waals surface area contributed by atoms with Crippen LogP contribution in [0.25, 0.3) is 0 Å². The van der Waals surface area contributed by atoms with E-state index in [4.69, 9.17) is 9.47 Å². The average molecular weight is 639 g/mol. The molecule has 2 N–H and O–H groups in total. The van der Waals surface area contributed by atoms with Crippen molar-refractivity contribution in [2.24, 2.45) is 5.92 Å². The molecule has 6 nitrogen and oxygen atoms in total. The molecule has 1 unspecified atom stereocenters. The predicted molar refractivity (Wildman–Crippen MR) is 188 cm³/mol. The summed E-state index contributed by atoms with van der Waals surface area (Å²) in [6.07, 6.45) is 3.03. The third-order valence-electron chi connectivity index (χ3n) is 8.65. The first-order valence-electron chi connectivity index (χ1n) is 17.0. The van der Waals surface area contributed by atoms with E-state index in [9.17, 15) is 19.8 Å². The fraction of sp³-hybridized carbons (Fsp3) is 0.650. The van der Waals surface area contributed by atoms with Crippen molar-refractivity contribution in [1.29, 1.82) is 0 Å². The number of aryl methyl sites for hydroxylation is 2. The molecule has 1 atom stereocenters. The highest BCUT2D eigenvalue weighted by Crippen LogP contribution is 2.41. The van der Waals surface area contributed by atoms with Crippen molar-refractivity contribution in [3.8, 4) is 11.5 Å². The molecule has 0 radical (unpaired) electrons. The molecule has 0 heterocycles. The molecule has 0 spiro atoms. The molecule has 2 aromatic rings. The Morgan fingerprint density at radius 3 is 1.24 bits per heavy atom. The Morgan fingerprint density at radius 1 is 0.609 bits per heavy atom. The Kier molecular flexibility index (Phi) is 13.0. The van der Waals surface area contributed by atoms with Crippen molar-refractivity contribution in [2.75, 3.05) is 13.2 Å². The summed E-state index contributed by atoms with van der Waals surface area (Å²) in [6.45, 7) is 27.6. The van der Waals surface area contributed by atoms with E-state index in [-0.39, 0.29) is 59.0 Å². The SMILES string of the molecule is CCC(CCOC(=O)CCc1cc(C(C)(C)C)c(O)c(C(C)(C)C)c1)COC(=O)CCc1cc(C(C)(C)C)c(O)c(C(C)(C)C)c1. The van der Waals surface area contributed by atoms with E-state index >= 15 is 0 Å². The van der Waals surface area contributed by atoms with Crippen LogP contribution >= 0.6 is 0 Å². The van der Waals surface area contributed by atoms with E-state index in [1.165, 1.54) is 0 Å². The van der Waals surface area contributed by atoms with Crippen LogP contribution in [-0.4, -0.2) is 35.4 Å². The minimum atomic E-state index is -0.257. The summed E-state index contributed by atoms with van der Waals surface area (Å²) in [5.41, 5.74) is 4.66. The van der Waals surface area contributed by atoms with Crippen molar-refractivity contribution >= 4 is 11.9 Å². The first-order valence-corrected chi connectivity index (χ1v) is 17.0. The van der Waals surface area contributed by atoms with Gasteiger partial charge in [-0.2, -0.15) is 0 Å². The number of phenols is 2. The Morgan fingerprint density at radius 2 is 0.935 bits per heavy atom. The normalized spacial score (nSPS) is 13.4. The quantitative estimate of drug-likeness (QED) is 0.225. The number of rotatable bonds is 12. The molecular weight excluding hydrogens is 576 g/mol. The lowest BCUT2D eigenvalue weighted by molar-refractivity contribution is -0.147. The van der Waals surface area contributed by atoms with E-state index < -0.39 is 0 Å². The van der Waals surface area contributed by atoms with E-state index in [0.717, 1.165) is 39.8 Å². The highest BCUT2D eigenvalue weighted by molar-refractivity contribution is 5.70. The summed E-state index contributed by atoms with van der Waals surface area (Å²) < 4.78 is 11.2. The molecule has 0 amide bonds. The highest BCUT2D eigenvalue weighted by Gasteiger charge is 2.28. The topological polar surface area (TPSA) is 93.1 Å². The molecule has 6 heteroatoms. The van der Waals surface area contributed by atoms with Gasteiger partial charge in [-0.1, -0.05) is 114 Å². The van der Waals surface area contributed by atoms with Gasteiger partial charge in [0.05, 0.1) is 13.2 Å². The molecule has 0 fully saturated rings. The van der Waals surface area contributed by atoms with Crippen LogP contribution in [0.4, 0.5) is 0 Å². The van der Waals surface area contributed by atoms with Crippen LogP contribution in [0.15, 0.2) is 24.3 Å². The summed E-state index contributed by atoms with van der Waals surface area (Å²) in [5.74, 6) is 0.264. The highest BCUT2D eigenvalue weighted by atomic mass is 16.5. The molecule has 2 rings (SSSR count). The summed E-state index contributed by atoms with van der Waals surface area (Å²) >= 11 is 0. The zero-order chi connectivity index (χ0) is 35.3. The number of esters is 2. The summed E-state index contributed by atoms with van der Waals surface area (Å²) in [4.78, 5) is 25.3. The molecule has 0 saturated carbocycles. The second-order valence-electron chi connectivity index (χ2n) is 17.0. The minimum absolute atomic E-state index is 0.103. The lowest BCUT2D eigenvalue weighted by atomic mass is 9.78. The van der Waals surface area contributed by atoms with Crippen molar-refractivity contribution < 1.29 is 29.3 Å². The smallest absolute Gasteiger partial charge is 0.306 e. The fourth-order valence-electron chi connectivity index (χ4n) is 5.56. The maximum absolute atomic E-state index is 12.7. The molecule has 0 aliphatic rings. The van der Waals surface area contributed by atoms with Crippen molar-refractivity contribution in [1.82, 2.24) is 0 Å². The third kappa shape index (κ3) is 11.3. The Labute approximate surface area is 279 Å². The summed E-state index contributed by atoms with van der Waals surface area (Å²) in [7, 11) is 0. The van der Waals surface area contributed by atoms with E-state index in [1.54, 1.807) is 0 Å². The molecule has 0 aliphatic carbocycles. The molecule has 0 saturated heterocycles. The first-order chi connectivity index (χ1) is 20.9. The predicted octanol–water partition coefficient (Wildman–Crippen LogP) is 9.36. The van der Waals surface area contributed by atoms with Gasteiger partial charge in [0.15, 0.2) is 0 Å². The van der Waals surface area contributed by atoms with E-state index in [1.807, 2.05) is 31.2 Å². The number of phenolic OH excluding ortho intramolecular Hbond substituents is 2. The number of ether oxygens (including phenoxy) is 2. The lowest BCUT2D eigenvalue weighted by Crippen LogP contribution is -2.19. The van der Waals surface area contributed by atoms with Gasteiger partial charge >= 0.3 is 11.9 Å². The van der Waals surface area contributed by atoms with Crippen LogP contribution in [0.2, 0.25) is 0 Å². The van der Waals surface area contributed by atoms with Gasteiger partial charge < -0.3 is 19.7 Å². The van der Waals surface area contributed by atoms with Crippen LogP contribution in [0.3, 0.4) is 0 Å². The van der Waals surface area contributed by atoms with Gasteiger partial charge in [0.25, 0.3) is 0 Å². The molecule has 46 heavy (non-hydrogen) atoms. The fourth-order valence-corrected chi connectivity index (χ4v) is 5.56. The maximum Gasteiger partial charge on any atom is 0.306 e. The lowest BCUT2D eigenvalue weighted by Gasteiger charge is -2.28. The number of carbonyl (C=O) groups is 2. The molecular formula is C40H62O6. The van der Waals surface area contributed by atoms with E-state index in [0.29, 0.717) is 37.4 Å². The van der Waals surface area contributed by atoms with Gasteiger partial charge in [0, 0.05) is 12.8 Å². The summed E-state index contributed by atoms with van der Waals surface area (Å²) in [6, 6.07) is 8.04. The number of aromatic hydroxyl groups is 2. The van der Waals surface area contributed by atoms with E-state index in [2.05, 4.69) is 83.1 Å². The van der Waals surface area contributed by atoms with Gasteiger partial charge in [-0.05, 0) is 86.6 Å². The number of hydrogen-bond donors (Lipinski definition) is 2. The largest absolute Gasteiger partial charge is 0.507 e. The van der Waals surface area contributed by atoms with Gasteiger partial charge in [-0.25, -0.2) is 0 Å². The zero-order valence-electron chi connectivity index (χ0n) is 31.1. The Balaban J connectivity index is 1.89. The Hall–Kier alpha value is -3.02. The monoisotopic (exact) mass is 638 g/mol. The second kappa shape index (κ2) is 15.3. The second-order valence-corrected chi connectivity index (χ2v) is 17.0. The Bertz CT molecular complexity index is 1270. The van der Waals surface area contributed by atoms with Crippen LogP contribution in [0.5, 0.6) is 11.5 Å². The van der Waals surface area contributed by atoms with Gasteiger partial charge in [0.1, 0.15) is 11.5 Å². The van der Waals surface area contributed by atoms with Crippen LogP contribution in [-0.2, 0) is 53.6 Å². The number of hydrogen-bond acceptors (Lipinski definition) is 6. The maximum atomic E-state index is 12.7. The number of benzene rings is 2. The van der Waals surface area contributed by atoms with Crippen molar-refractivity contribution in [2.45, 2.75) is 150 Å². The standard InChI is InChI=1S/C40H62O6/c1-14-26(25-46-34(42)18-16-28-23-31(39(8,9)10)36(44)32(24-28)40(11,12)13)19-20-45-33(41)17-15-27-21-29(37(2,3)4)35(43)30(22-27)38(5,6)7/h21-24,26,43-44H,14-20,25H2,1-13H3. The first kappa shape index (κ1) is 39.2. The average Bonchev–Trinajstić information content (AvgIpc) is 2.91. The van der Waals surface area contributed by atoms with Gasteiger partial charge in [-0.3, -0.25) is 9.59 Å². The third-order valence-corrected chi connectivity index (χ3v) is 8.65. The van der Waals surface area contributed by atoms with Crippen molar-refractivity contribution in [3.05, 3.63) is 57.6 Å². The van der Waals surface area contributed by atoms with Gasteiger partial charge in [-0.15, -0.1) is 0 Å².